The van der Waals surface area contributed by atoms with Gasteiger partial charge >= 0.3 is 0 Å². The van der Waals surface area contributed by atoms with E-state index in [1.807, 2.05) is 0 Å². The quantitative estimate of drug-likeness (QED) is 0.152. The zero-order chi connectivity index (χ0) is 40.3. The maximum Gasteiger partial charge on any atom is 0.0540 e. The van der Waals surface area contributed by atoms with Crippen LogP contribution >= 0.6 is 0 Å². The van der Waals surface area contributed by atoms with Crippen molar-refractivity contribution in [2.75, 3.05) is 4.90 Å². The molecule has 0 fully saturated rings. The molecule has 12 aromatic rings. The predicted molar refractivity (Wildman–Crippen MR) is 262 cm³/mol. The molecule has 1 heteroatoms. The average Bonchev–Trinajstić information content (AvgIpc) is 3.33. The maximum absolute atomic E-state index is 2.45. The lowest BCUT2D eigenvalue weighted by molar-refractivity contribution is 1.31. The Kier molecular flexibility index (Phi) is 8.25. The monoisotopic (exact) mass is 773 g/mol. The summed E-state index contributed by atoms with van der Waals surface area (Å²) in [6.07, 6.45) is 0. The topological polar surface area (TPSA) is 3.24 Å². The second kappa shape index (κ2) is 14.4. The molecule has 284 valence electrons. The smallest absolute Gasteiger partial charge is 0.0540 e. The lowest BCUT2D eigenvalue weighted by Gasteiger charge is -2.28. The molecular formula is C60H39N. The molecule has 0 aliphatic rings. The Labute approximate surface area is 355 Å². The van der Waals surface area contributed by atoms with Crippen molar-refractivity contribution in [3.8, 4) is 33.4 Å². The minimum Gasteiger partial charge on any atom is -0.309 e. The van der Waals surface area contributed by atoms with Gasteiger partial charge in [0.15, 0.2) is 0 Å². The summed E-state index contributed by atoms with van der Waals surface area (Å²) in [5, 5.41) is 14.8. The summed E-state index contributed by atoms with van der Waals surface area (Å²) in [6, 6.07) is 87.0. The first-order valence-electron chi connectivity index (χ1n) is 21.1. The SMILES string of the molecule is c1ccc2c(N(c3ccc(-c4cc(-c5c6ccccc6cc6ccccc56)ccc4-c4c5ccccc5cc5ccccc45)cc3)c3cccc4ccccc34)cccc2c1. The van der Waals surface area contributed by atoms with Crippen molar-refractivity contribution >= 4 is 81.7 Å². The third-order valence-electron chi connectivity index (χ3n) is 12.6. The number of rotatable bonds is 6. The van der Waals surface area contributed by atoms with E-state index in [1.165, 1.54) is 92.5 Å². The molecule has 0 heterocycles. The molecule has 0 unspecified atom stereocenters. The summed E-state index contributed by atoms with van der Waals surface area (Å²) in [7, 11) is 0. The van der Waals surface area contributed by atoms with E-state index in [0.29, 0.717) is 0 Å². The summed E-state index contributed by atoms with van der Waals surface area (Å²) < 4.78 is 0. The van der Waals surface area contributed by atoms with Crippen molar-refractivity contribution in [2.24, 2.45) is 0 Å². The molecule has 0 aromatic heterocycles. The van der Waals surface area contributed by atoms with Gasteiger partial charge < -0.3 is 4.90 Å². The first-order valence-corrected chi connectivity index (χ1v) is 21.1. The Morgan fingerprint density at radius 1 is 0.230 bits per heavy atom. The van der Waals surface area contributed by atoms with Crippen LogP contribution in [0, 0.1) is 0 Å². The third kappa shape index (κ3) is 5.86. The number of hydrogen-bond acceptors (Lipinski definition) is 1. The van der Waals surface area contributed by atoms with Gasteiger partial charge in [0.1, 0.15) is 0 Å². The molecule has 0 bridgehead atoms. The van der Waals surface area contributed by atoms with E-state index < -0.39 is 0 Å². The molecule has 0 aliphatic heterocycles. The Hall–Kier alpha value is -8.00. The summed E-state index contributed by atoms with van der Waals surface area (Å²) >= 11 is 0. The second-order valence-electron chi connectivity index (χ2n) is 16.0. The van der Waals surface area contributed by atoms with Crippen molar-refractivity contribution in [1.29, 1.82) is 0 Å². The predicted octanol–water partition coefficient (Wildman–Crippen LogP) is 17.1. The van der Waals surface area contributed by atoms with Crippen LogP contribution in [0.4, 0.5) is 17.1 Å². The molecule has 0 spiro atoms. The van der Waals surface area contributed by atoms with E-state index in [1.54, 1.807) is 0 Å². The van der Waals surface area contributed by atoms with Gasteiger partial charge in [-0.05, 0) is 130 Å². The van der Waals surface area contributed by atoms with E-state index in [0.717, 1.165) is 22.6 Å². The van der Waals surface area contributed by atoms with Gasteiger partial charge in [-0.15, -0.1) is 0 Å². The number of fused-ring (bicyclic) bond motifs is 6. The molecule has 61 heavy (non-hydrogen) atoms. The number of nitrogens with zero attached hydrogens (tertiary/aromatic N) is 1. The first-order chi connectivity index (χ1) is 30.3. The van der Waals surface area contributed by atoms with Crippen molar-refractivity contribution in [1.82, 2.24) is 0 Å². The Morgan fingerprint density at radius 3 is 1.08 bits per heavy atom. The van der Waals surface area contributed by atoms with E-state index in [2.05, 4.69) is 241 Å². The van der Waals surface area contributed by atoms with Crippen LogP contribution in [0.5, 0.6) is 0 Å². The number of benzene rings is 12. The van der Waals surface area contributed by atoms with E-state index in [9.17, 15) is 0 Å². The first kappa shape index (κ1) is 35.0. The molecule has 0 N–H and O–H groups in total. The van der Waals surface area contributed by atoms with Gasteiger partial charge in [-0.25, -0.2) is 0 Å². The molecule has 0 aliphatic carbocycles. The van der Waals surface area contributed by atoms with Crippen LogP contribution in [-0.2, 0) is 0 Å². The molecule has 0 amide bonds. The fraction of sp³-hybridized carbons (Fsp3) is 0. The van der Waals surface area contributed by atoms with Gasteiger partial charge in [-0.3, -0.25) is 0 Å². The van der Waals surface area contributed by atoms with Crippen LogP contribution in [0.15, 0.2) is 237 Å². The molecule has 1 nitrogen and oxygen atoms in total. The van der Waals surface area contributed by atoms with Gasteiger partial charge in [0, 0.05) is 16.5 Å². The van der Waals surface area contributed by atoms with Crippen LogP contribution in [0.3, 0.4) is 0 Å². The molecule has 12 rings (SSSR count). The Morgan fingerprint density at radius 2 is 0.607 bits per heavy atom. The van der Waals surface area contributed by atoms with Crippen molar-refractivity contribution in [3.63, 3.8) is 0 Å². The highest BCUT2D eigenvalue weighted by Crippen LogP contribution is 2.47. The summed E-state index contributed by atoms with van der Waals surface area (Å²) in [5.41, 5.74) is 10.7. The van der Waals surface area contributed by atoms with Gasteiger partial charge in [-0.2, -0.15) is 0 Å². The third-order valence-corrected chi connectivity index (χ3v) is 12.6. The van der Waals surface area contributed by atoms with Crippen LogP contribution in [-0.4, -0.2) is 0 Å². The van der Waals surface area contributed by atoms with E-state index in [-0.39, 0.29) is 0 Å². The van der Waals surface area contributed by atoms with Crippen LogP contribution in [0.2, 0.25) is 0 Å². The van der Waals surface area contributed by atoms with Crippen molar-refractivity contribution in [2.45, 2.75) is 0 Å². The lowest BCUT2D eigenvalue weighted by Crippen LogP contribution is -2.11. The number of anilines is 3. The highest BCUT2D eigenvalue weighted by Gasteiger charge is 2.21. The maximum atomic E-state index is 2.45. The Balaban J connectivity index is 1.12. The van der Waals surface area contributed by atoms with Crippen molar-refractivity contribution < 1.29 is 0 Å². The van der Waals surface area contributed by atoms with Crippen molar-refractivity contribution in [3.05, 3.63) is 237 Å². The molecule has 0 radical (unpaired) electrons. The standard InChI is InChI=1S/C60H39N/c1-7-23-49-40(15-1)21-13-29-57(49)61(58-30-14-22-41-16-2-8-24-50(41)58)48-34-31-42(32-35-48)56-39-47(59-51-25-9-3-17-43(51)37-44-18-4-10-26-52(44)59)33-36-55(56)60-53-27-11-5-19-45(53)38-46-20-6-12-28-54(46)60/h1-39H. The highest BCUT2D eigenvalue weighted by molar-refractivity contribution is 6.17. The lowest BCUT2D eigenvalue weighted by atomic mass is 9.84. The normalized spacial score (nSPS) is 11.6. The minimum atomic E-state index is 1.10. The second-order valence-corrected chi connectivity index (χ2v) is 16.0. The fourth-order valence-corrected chi connectivity index (χ4v) is 9.79. The molecule has 0 saturated heterocycles. The Bertz CT molecular complexity index is 3460. The summed E-state index contributed by atoms with van der Waals surface area (Å²) in [5.74, 6) is 0. The van der Waals surface area contributed by atoms with Gasteiger partial charge in [0.25, 0.3) is 0 Å². The number of hydrogen-bond donors (Lipinski definition) is 0. The van der Waals surface area contributed by atoms with E-state index in [4.69, 9.17) is 0 Å². The average molecular weight is 774 g/mol. The minimum absolute atomic E-state index is 1.10. The molecular weight excluding hydrogens is 735 g/mol. The summed E-state index contributed by atoms with van der Waals surface area (Å²) in [4.78, 5) is 2.44. The van der Waals surface area contributed by atoms with Gasteiger partial charge in [0.2, 0.25) is 0 Å². The van der Waals surface area contributed by atoms with Crippen LogP contribution < -0.4 is 4.90 Å². The zero-order valence-electron chi connectivity index (χ0n) is 33.5. The molecule has 12 aromatic carbocycles. The van der Waals surface area contributed by atoms with Crippen LogP contribution in [0.25, 0.3) is 98.0 Å². The zero-order valence-corrected chi connectivity index (χ0v) is 33.5. The largest absolute Gasteiger partial charge is 0.309 e. The highest BCUT2D eigenvalue weighted by atomic mass is 15.1. The summed E-state index contributed by atoms with van der Waals surface area (Å²) in [6.45, 7) is 0. The van der Waals surface area contributed by atoms with Gasteiger partial charge in [-0.1, -0.05) is 194 Å². The van der Waals surface area contributed by atoms with Crippen LogP contribution in [0.1, 0.15) is 0 Å². The molecule has 0 atom stereocenters. The fourth-order valence-electron chi connectivity index (χ4n) is 9.79. The van der Waals surface area contributed by atoms with E-state index >= 15 is 0 Å². The van der Waals surface area contributed by atoms with Gasteiger partial charge in [0.05, 0.1) is 11.4 Å². The molecule has 0 saturated carbocycles.